The molecule has 10 aromatic rings. The molecule has 3 heterocycles. The highest BCUT2D eigenvalue weighted by Gasteiger charge is 2.19. The zero-order chi connectivity index (χ0) is 29.5. The lowest BCUT2D eigenvalue weighted by Crippen LogP contribution is -2.01. The van der Waals surface area contributed by atoms with Crippen LogP contribution in [0, 0.1) is 0 Å². The lowest BCUT2D eigenvalue weighted by atomic mass is 9.92. The first-order valence-electron chi connectivity index (χ1n) is 15.3. The van der Waals surface area contributed by atoms with E-state index in [0.717, 1.165) is 39.0 Å². The standard InChI is InChI=1S/C42H25N3/c1-2-11-27-24-40-36(22-26(27)10-1)34-16-7-8-18-39(34)45(40)41-25-38-37(17-9-21-43-38)44-42(41)28-19-20-33-31-14-4-3-12-29(31)30-13-5-6-15-32(30)35(33)23-28/h1-25H. The maximum atomic E-state index is 5.34. The minimum atomic E-state index is 0.875. The Morgan fingerprint density at radius 2 is 1.02 bits per heavy atom. The minimum absolute atomic E-state index is 0.875. The third-order valence-corrected chi connectivity index (χ3v) is 9.36. The number of hydrogen-bond donors (Lipinski definition) is 0. The molecule has 208 valence electrons. The predicted octanol–water partition coefficient (Wildman–Crippen LogP) is 11.0. The van der Waals surface area contributed by atoms with E-state index in [1.165, 1.54) is 53.9 Å². The van der Waals surface area contributed by atoms with Crippen LogP contribution in [-0.2, 0) is 0 Å². The fourth-order valence-corrected chi connectivity index (χ4v) is 7.34. The van der Waals surface area contributed by atoms with E-state index < -0.39 is 0 Å². The van der Waals surface area contributed by atoms with Gasteiger partial charge in [-0.1, -0.05) is 103 Å². The monoisotopic (exact) mass is 571 g/mol. The number of benzene rings is 7. The van der Waals surface area contributed by atoms with Crippen molar-refractivity contribution in [3.05, 3.63) is 152 Å². The van der Waals surface area contributed by atoms with E-state index in [-0.39, 0.29) is 0 Å². The number of fused-ring (bicyclic) bond motifs is 11. The highest BCUT2D eigenvalue weighted by Crippen LogP contribution is 2.41. The molecule has 0 N–H and O–H groups in total. The van der Waals surface area contributed by atoms with Crippen molar-refractivity contribution in [3.63, 3.8) is 0 Å². The summed E-state index contributed by atoms with van der Waals surface area (Å²) in [6, 6.07) is 52.5. The molecule has 0 aliphatic heterocycles. The molecule has 0 saturated heterocycles. The Morgan fingerprint density at radius 3 is 1.78 bits per heavy atom. The molecule has 0 fully saturated rings. The average Bonchev–Trinajstić information content (AvgIpc) is 3.43. The molecule has 3 heteroatoms. The maximum absolute atomic E-state index is 5.34. The Balaban J connectivity index is 1.35. The number of aromatic nitrogens is 3. The molecule has 0 saturated carbocycles. The van der Waals surface area contributed by atoms with Gasteiger partial charge in [-0.05, 0) is 85.6 Å². The van der Waals surface area contributed by atoms with Gasteiger partial charge in [-0.25, -0.2) is 4.98 Å². The van der Waals surface area contributed by atoms with Crippen LogP contribution < -0.4 is 0 Å². The van der Waals surface area contributed by atoms with Gasteiger partial charge >= 0.3 is 0 Å². The van der Waals surface area contributed by atoms with Crippen molar-refractivity contribution >= 4 is 75.9 Å². The molecular weight excluding hydrogens is 546 g/mol. The molecule has 0 amide bonds. The van der Waals surface area contributed by atoms with Gasteiger partial charge in [0.25, 0.3) is 0 Å². The molecular formula is C42H25N3. The minimum Gasteiger partial charge on any atom is -0.307 e. The summed E-state index contributed by atoms with van der Waals surface area (Å²) in [5.41, 5.74) is 7.10. The van der Waals surface area contributed by atoms with Crippen molar-refractivity contribution in [1.29, 1.82) is 0 Å². The Labute approximate surface area is 258 Å². The number of pyridine rings is 2. The third kappa shape index (κ3) is 3.52. The van der Waals surface area contributed by atoms with Crippen molar-refractivity contribution in [2.75, 3.05) is 0 Å². The summed E-state index contributed by atoms with van der Waals surface area (Å²) in [4.78, 5) is 10.1. The Morgan fingerprint density at radius 1 is 0.400 bits per heavy atom. The largest absolute Gasteiger partial charge is 0.307 e. The van der Waals surface area contributed by atoms with Gasteiger partial charge in [0, 0.05) is 22.5 Å². The van der Waals surface area contributed by atoms with Crippen LogP contribution >= 0.6 is 0 Å². The molecule has 0 bridgehead atoms. The average molecular weight is 572 g/mol. The van der Waals surface area contributed by atoms with Gasteiger partial charge in [0.1, 0.15) is 0 Å². The van der Waals surface area contributed by atoms with E-state index in [9.17, 15) is 0 Å². The topological polar surface area (TPSA) is 30.7 Å². The number of para-hydroxylation sites is 1. The molecule has 0 atom stereocenters. The van der Waals surface area contributed by atoms with Gasteiger partial charge in [0.15, 0.2) is 0 Å². The summed E-state index contributed by atoms with van der Waals surface area (Å²) in [7, 11) is 0. The van der Waals surface area contributed by atoms with E-state index in [4.69, 9.17) is 9.97 Å². The molecule has 7 aromatic carbocycles. The zero-order valence-electron chi connectivity index (χ0n) is 24.3. The fraction of sp³-hybridized carbons (Fsp3) is 0. The van der Waals surface area contributed by atoms with E-state index in [1.54, 1.807) is 0 Å². The fourth-order valence-electron chi connectivity index (χ4n) is 7.34. The smallest absolute Gasteiger partial charge is 0.0951 e. The van der Waals surface area contributed by atoms with Crippen molar-refractivity contribution in [2.45, 2.75) is 0 Å². The van der Waals surface area contributed by atoms with Crippen LogP contribution in [0.15, 0.2) is 152 Å². The Kier molecular flexibility index (Phi) is 5.00. The molecule has 0 aliphatic carbocycles. The second-order valence-corrected chi connectivity index (χ2v) is 11.8. The van der Waals surface area contributed by atoms with Crippen molar-refractivity contribution in [2.24, 2.45) is 0 Å². The summed E-state index contributed by atoms with van der Waals surface area (Å²) in [5.74, 6) is 0. The molecule has 0 aliphatic rings. The predicted molar refractivity (Wildman–Crippen MR) is 189 cm³/mol. The molecule has 10 rings (SSSR count). The van der Waals surface area contributed by atoms with Crippen LogP contribution in [0.3, 0.4) is 0 Å². The number of rotatable bonds is 2. The van der Waals surface area contributed by atoms with Crippen molar-refractivity contribution in [1.82, 2.24) is 14.5 Å². The highest BCUT2D eigenvalue weighted by atomic mass is 15.0. The molecule has 0 radical (unpaired) electrons. The normalized spacial score (nSPS) is 12.0. The third-order valence-electron chi connectivity index (χ3n) is 9.36. The first-order chi connectivity index (χ1) is 22.3. The number of nitrogens with zero attached hydrogens (tertiary/aromatic N) is 3. The van der Waals surface area contributed by atoms with Gasteiger partial charge < -0.3 is 4.57 Å². The first kappa shape index (κ1) is 24.4. The second-order valence-electron chi connectivity index (χ2n) is 11.8. The van der Waals surface area contributed by atoms with Gasteiger partial charge in [0.05, 0.1) is 33.4 Å². The van der Waals surface area contributed by atoms with Crippen LogP contribution in [0.5, 0.6) is 0 Å². The van der Waals surface area contributed by atoms with Crippen LogP contribution in [0.1, 0.15) is 0 Å². The summed E-state index contributed by atoms with van der Waals surface area (Å²) >= 11 is 0. The molecule has 0 spiro atoms. The summed E-state index contributed by atoms with van der Waals surface area (Å²) in [6.07, 6.45) is 1.85. The lowest BCUT2D eigenvalue weighted by molar-refractivity contribution is 1.16. The van der Waals surface area contributed by atoms with Crippen LogP contribution in [0.4, 0.5) is 0 Å². The Bertz CT molecular complexity index is 2790. The summed E-state index contributed by atoms with van der Waals surface area (Å²) in [6.45, 7) is 0. The van der Waals surface area contributed by atoms with E-state index >= 15 is 0 Å². The van der Waals surface area contributed by atoms with Crippen molar-refractivity contribution < 1.29 is 0 Å². The van der Waals surface area contributed by atoms with Crippen LogP contribution in [0.25, 0.3) is 92.9 Å². The highest BCUT2D eigenvalue weighted by molar-refractivity contribution is 6.26. The molecule has 0 unspecified atom stereocenters. The molecule has 3 nitrogen and oxygen atoms in total. The molecule has 45 heavy (non-hydrogen) atoms. The maximum Gasteiger partial charge on any atom is 0.0951 e. The quantitative estimate of drug-likeness (QED) is 0.193. The van der Waals surface area contributed by atoms with E-state index in [1.807, 2.05) is 12.3 Å². The summed E-state index contributed by atoms with van der Waals surface area (Å²) in [5, 5.41) is 12.4. The zero-order valence-corrected chi connectivity index (χ0v) is 24.3. The molecule has 3 aromatic heterocycles. The lowest BCUT2D eigenvalue weighted by Gasteiger charge is -2.16. The van der Waals surface area contributed by atoms with Gasteiger partial charge in [-0.3, -0.25) is 4.98 Å². The summed E-state index contributed by atoms with van der Waals surface area (Å²) < 4.78 is 2.39. The van der Waals surface area contributed by atoms with Gasteiger partial charge in [-0.2, -0.15) is 0 Å². The first-order valence-corrected chi connectivity index (χ1v) is 15.3. The van der Waals surface area contributed by atoms with E-state index in [2.05, 4.69) is 144 Å². The number of hydrogen-bond acceptors (Lipinski definition) is 2. The van der Waals surface area contributed by atoms with Crippen LogP contribution in [0.2, 0.25) is 0 Å². The van der Waals surface area contributed by atoms with Crippen LogP contribution in [-0.4, -0.2) is 14.5 Å². The Hall–Kier alpha value is -6.06. The van der Waals surface area contributed by atoms with Gasteiger partial charge in [-0.15, -0.1) is 0 Å². The van der Waals surface area contributed by atoms with E-state index in [0.29, 0.717) is 0 Å². The second kappa shape index (κ2) is 9.22. The van der Waals surface area contributed by atoms with Gasteiger partial charge in [0.2, 0.25) is 0 Å². The van der Waals surface area contributed by atoms with Crippen molar-refractivity contribution in [3.8, 4) is 16.9 Å². The SMILES string of the molecule is c1ccc2cc3c(cc2c1)c1ccccc1n3-c1cc2ncccc2nc1-c1ccc2c3ccccc3c3ccccc3c2c1.